The molecular formula is C10H10F11I. The molecule has 0 fully saturated rings. The average Bonchev–Trinajstić information content (AvgIpc) is 2.31. The summed E-state index contributed by atoms with van der Waals surface area (Å²) in [4.78, 5) is 0. The van der Waals surface area contributed by atoms with Crippen LogP contribution in [0.4, 0.5) is 48.3 Å². The zero-order chi connectivity index (χ0) is 18.2. The fraction of sp³-hybridized carbons (Fsp3) is 1.00. The third-order valence-electron chi connectivity index (χ3n) is 2.86. The van der Waals surface area contributed by atoms with Crippen LogP contribution in [-0.4, -0.2) is 33.8 Å². The average molecular weight is 466 g/mol. The van der Waals surface area contributed by atoms with Crippen LogP contribution >= 0.6 is 22.6 Å². The maximum atomic E-state index is 14.0. The minimum absolute atomic E-state index is 0.106. The molecule has 0 amide bonds. The molecule has 2 unspecified atom stereocenters. The minimum atomic E-state index is -7.18. The quantitative estimate of drug-likeness (QED) is 0.253. The molecule has 0 aliphatic rings. The van der Waals surface area contributed by atoms with E-state index in [9.17, 15) is 48.3 Å². The lowest BCUT2D eigenvalue weighted by Crippen LogP contribution is -2.70. The van der Waals surface area contributed by atoms with Crippen LogP contribution in [-0.2, 0) is 0 Å². The standard InChI is InChI=1S/C10H10F11I/c1-2-3-4-5(22)6(11,9(16,17)18)7(12,13)8(14,15)10(19,20)21/h5H,2-4H2,1H3. The third-order valence-corrected chi connectivity index (χ3v) is 4.34. The molecule has 0 spiro atoms. The van der Waals surface area contributed by atoms with Gasteiger partial charge in [0.2, 0.25) is 0 Å². The van der Waals surface area contributed by atoms with Crippen molar-refractivity contribution in [2.75, 3.05) is 0 Å². The smallest absolute Gasteiger partial charge is 0.226 e. The Bertz CT molecular complexity index is 372. The van der Waals surface area contributed by atoms with Crippen LogP contribution in [0.5, 0.6) is 0 Å². The van der Waals surface area contributed by atoms with Gasteiger partial charge in [-0.2, -0.15) is 43.9 Å². The normalized spacial score (nSPS) is 19.0. The largest absolute Gasteiger partial charge is 0.460 e. The van der Waals surface area contributed by atoms with Gasteiger partial charge in [0.15, 0.2) is 0 Å². The van der Waals surface area contributed by atoms with E-state index in [0.29, 0.717) is 22.6 Å². The van der Waals surface area contributed by atoms with Crippen LogP contribution in [0.3, 0.4) is 0 Å². The molecule has 0 aromatic heterocycles. The van der Waals surface area contributed by atoms with E-state index in [-0.39, 0.29) is 12.8 Å². The molecule has 0 heterocycles. The van der Waals surface area contributed by atoms with Gasteiger partial charge in [-0.1, -0.05) is 42.4 Å². The van der Waals surface area contributed by atoms with Crippen molar-refractivity contribution in [1.82, 2.24) is 0 Å². The summed E-state index contributed by atoms with van der Waals surface area (Å²) >= 11 is 0.487. The van der Waals surface area contributed by atoms with Crippen molar-refractivity contribution in [3.63, 3.8) is 0 Å². The number of hydrogen-bond acceptors (Lipinski definition) is 0. The molecule has 0 aromatic rings. The van der Waals surface area contributed by atoms with Gasteiger partial charge in [0, 0.05) is 0 Å². The summed E-state index contributed by atoms with van der Waals surface area (Å²) in [5.41, 5.74) is -6.03. The monoisotopic (exact) mass is 466 g/mol. The first-order valence-corrected chi connectivity index (χ1v) is 6.95. The lowest BCUT2D eigenvalue weighted by atomic mass is 9.86. The van der Waals surface area contributed by atoms with Gasteiger partial charge in [-0.25, -0.2) is 4.39 Å². The molecule has 0 aliphatic heterocycles. The molecule has 0 nitrogen and oxygen atoms in total. The molecule has 22 heavy (non-hydrogen) atoms. The highest BCUT2D eigenvalue weighted by molar-refractivity contribution is 14.1. The number of hydrogen-bond donors (Lipinski definition) is 0. The van der Waals surface area contributed by atoms with Gasteiger partial charge in [-0.3, -0.25) is 0 Å². The van der Waals surface area contributed by atoms with Crippen molar-refractivity contribution in [3.05, 3.63) is 0 Å². The Morgan fingerprint density at radius 2 is 1.14 bits per heavy atom. The maximum absolute atomic E-state index is 14.0. The van der Waals surface area contributed by atoms with Gasteiger partial charge < -0.3 is 0 Å². The van der Waals surface area contributed by atoms with Crippen LogP contribution in [0.25, 0.3) is 0 Å². The summed E-state index contributed by atoms with van der Waals surface area (Å²) in [5, 5.41) is 0. The summed E-state index contributed by atoms with van der Waals surface area (Å²) in [6, 6.07) is 0. The van der Waals surface area contributed by atoms with Gasteiger partial charge in [0.1, 0.15) is 0 Å². The number of rotatable bonds is 6. The van der Waals surface area contributed by atoms with Crippen LogP contribution < -0.4 is 0 Å². The first kappa shape index (κ1) is 22.0. The van der Waals surface area contributed by atoms with E-state index in [0.717, 1.165) is 0 Å². The summed E-state index contributed by atoms with van der Waals surface area (Å²) in [7, 11) is 0. The Hall–Kier alpha value is -0.0400. The van der Waals surface area contributed by atoms with E-state index in [1.54, 1.807) is 0 Å². The molecule has 0 N–H and O–H groups in total. The summed E-state index contributed by atoms with van der Waals surface area (Å²) in [6.45, 7) is 1.39. The Kier molecular flexibility index (Phi) is 6.45. The van der Waals surface area contributed by atoms with E-state index in [4.69, 9.17) is 0 Å². The van der Waals surface area contributed by atoms with Crippen molar-refractivity contribution < 1.29 is 48.3 Å². The van der Waals surface area contributed by atoms with E-state index in [2.05, 4.69) is 0 Å². The van der Waals surface area contributed by atoms with Crippen molar-refractivity contribution in [3.8, 4) is 0 Å². The van der Waals surface area contributed by atoms with Gasteiger partial charge in [0.25, 0.3) is 5.67 Å². The van der Waals surface area contributed by atoms with Crippen molar-refractivity contribution >= 4 is 22.6 Å². The van der Waals surface area contributed by atoms with E-state index >= 15 is 0 Å². The molecular weight excluding hydrogens is 456 g/mol. The van der Waals surface area contributed by atoms with E-state index in [1.165, 1.54) is 6.92 Å². The predicted octanol–water partition coefficient (Wildman–Crippen LogP) is 6.08. The molecule has 0 aromatic carbocycles. The Morgan fingerprint density at radius 3 is 1.41 bits per heavy atom. The second-order valence-corrected chi connectivity index (χ2v) is 5.97. The molecule has 0 saturated carbocycles. The molecule has 0 bridgehead atoms. The van der Waals surface area contributed by atoms with E-state index < -0.39 is 40.2 Å². The second-order valence-electron chi connectivity index (χ2n) is 4.47. The number of alkyl halides is 12. The maximum Gasteiger partial charge on any atom is 0.460 e. The van der Waals surface area contributed by atoms with Crippen LogP contribution in [0.2, 0.25) is 0 Å². The van der Waals surface area contributed by atoms with Crippen molar-refractivity contribution in [2.24, 2.45) is 0 Å². The SMILES string of the molecule is CCCCC(I)C(F)(C(F)(F)F)C(F)(F)C(F)(F)C(F)(F)F. The number of halogens is 12. The fourth-order valence-corrected chi connectivity index (χ4v) is 2.73. The minimum Gasteiger partial charge on any atom is -0.226 e. The first-order valence-electron chi connectivity index (χ1n) is 5.70. The first-order chi connectivity index (χ1) is 9.48. The van der Waals surface area contributed by atoms with Gasteiger partial charge in [-0.15, -0.1) is 0 Å². The molecule has 0 radical (unpaired) electrons. The molecule has 2 atom stereocenters. The van der Waals surface area contributed by atoms with Crippen molar-refractivity contribution in [1.29, 1.82) is 0 Å². The molecule has 0 rings (SSSR count). The van der Waals surface area contributed by atoms with Gasteiger partial charge in [0.05, 0.1) is 3.92 Å². The topological polar surface area (TPSA) is 0 Å². The zero-order valence-corrected chi connectivity index (χ0v) is 12.9. The summed E-state index contributed by atoms with van der Waals surface area (Å²) in [6.07, 6.45) is -14.8. The summed E-state index contributed by atoms with van der Waals surface area (Å²) in [5.74, 6) is -14.2. The molecule has 134 valence electrons. The second kappa shape index (κ2) is 6.46. The van der Waals surface area contributed by atoms with Crippen LogP contribution in [0.1, 0.15) is 26.2 Å². The summed E-state index contributed by atoms with van der Waals surface area (Å²) < 4.78 is 137. The lowest BCUT2D eigenvalue weighted by molar-refractivity contribution is -0.410. The van der Waals surface area contributed by atoms with Gasteiger partial charge >= 0.3 is 24.2 Å². The van der Waals surface area contributed by atoms with Gasteiger partial charge in [-0.05, 0) is 6.42 Å². The number of unbranched alkanes of at least 4 members (excludes halogenated alkanes) is 1. The molecule has 12 heteroatoms. The Labute approximate surface area is 131 Å². The molecule has 0 aliphatic carbocycles. The van der Waals surface area contributed by atoms with Crippen LogP contribution in [0.15, 0.2) is 0 Å². The Balaban J connectivity index is 6.11. The molecule has 0 saturated heterocycles. The lowest BCUT2D eigenvalue weighted by Gasteiger charge is -2.41. The highest BCUT2D eigenvalue weighted by Crippen LogP contribution is 2.59. The highest BCUT2D eigenvalue weighted by atomic mass is 127. The fourth-order valence-electron chi connectivity index (χ4n) is 1.54. The van der Waals surface area contributed by atoms with Crippen molar-refractivity contribution in [2.45, 2.75) is 60.0 Å². The highest BCUT2D eigenvalue weighted by Gasteiger charge is 2.87. The Morgan fingerprint density at radius 1 is 0.727 bits per heavy atom. The van der Waals surface area contributed by atoms with Crippen LogP contribution in [0, 0.1) is 0 Å². The predicted molar refractivity (Wildman–Crippen MR) is 63.2 cm³/mol. The van der Waals surface area contributed by atoms with E-state index in [1.807, 2.05) is 0 Å². The third kappa shape index (κ3) is 3.40. The zero-order valence-electron chi connectivity index (χ0n) is 10.7.